The molecule has 12 heavy (non-hydrogen) atoms. The monoisotopic (exact) mass is 170 g/mol. The van der Waals surface area contributed by atoms with Crippen molar-refractivity contribution in [1.29, 1.82) is 0 Å². The maximum atomic E-state index is 5.20. The van der Waals surface area contributed by atoms with Crippen molar-refractivity contribution in [2.75, 3.05) is 19.8 Å². The van der Waals surface area contributed by atoms with Gasteiger partial charge in [0.05, 0.1) is 19.8 Å². The van der Waals surface area contributed by atoms with Gasteiger partial charge in [-0.1, -0.05) is 18.2 Å². The molecular weight excluding hydrogens is 156 g/mol. The van der Waals surface area contributed by atoms with Crippen molar-refractivity contribution >= 4 is 0 Å². The predicted molar refractivity (Wildman–Crippen MR) is 45.6 cm³/mol. The van der Waals surface area contributed by atoms with Gasteiger partial charge in [-0.2, -0.15) is 0 Å². The Kier molecular flexibility index (Phi) is 4.68. The smallest absolute Gasteiger partial charge is 0.134 e. The third-order valence-electron chi connectivity index (χ3n) is 1.43. The Morgan fingerprint density at radius 3 is 3.42 bits per heavy atom. The molecule has 0 aliphatic carbocycles. The van der Waals surface area contributed by atoms with Crippen LogP contribution in [-0.4, -0.2) is 25.9 Å². The van der Waals surface area contributed by atoms with Crippen molar-refractivity contribution < 1.29 is 14.5 Å². The first-order chi connectivity index (χ1) is 5.93. The van der Waals surface area contributed by atoms with E-state index in [2.05, 4.69) is 6.58 Å². The Morgan fingerprint density at radius 1 is 1.67 bits per heavy atom. The van der Waals surface area contributed by atoms with Crippen LogP contribution in [0, 0.1) is 0 Å². The second kappa shape index (κ2) is 5.94. The van der Waals surface area contributed by atoms with E-state index in [4.69, 9.17) is 14.5 Å². The molecule has 3 heteroatoms. The third-order valence-corrected chi connectivity index (χ3v) is 1.43. The summed E-state index contributed by atoms with van der Waals surface area (Å²) in [6.45, 7) is 5.23. The van der Waals surface area contributed by atoms with Gasteiger partial charge in [0.25, 0.3) is 0 Å². The molecule has 0 aromatic rings. The Labute approximate surface area is 72.5 Å². The van der Waals surface area contributed by atoms with Crippen LogP contribution in [0.3, 0.4) is 0 Å². The largest absolute Gasteiger partial charge is 0.374 e. The standard InChI is InChI=1S/C9H14O3/c1-2-6-10-8-9-5-3-4-7-11-12-9/h2-3,5,9H,1,4,6-8H2. The maximum Gasteiger partial charge on any atom is 0.134 e. The molecule has 0 aromatic carbocycles. The van der Waals surface area contributed by atoms with Crippen LogP contribution in [0.5, 0.6) is 0 Å². The lowest BCUT2D eigenvalue weighted by atomic mass is 10.3. The molecule has 1 unspecified atom stereocenters. The molecular formula is C9H14O3. The van der Waals surface area contributed by atoms with Gasteiger partial charge in [-0.3, -0.25) is 0 Å². The summed E-state index contributed by atoms with van der Waals surface area (Å²) in [5, 5.41) is 0. The topological polar surface area (TPSA) is 27.7 Å². The van der Waals surface area contributed by atoms with Gasteiger partial charge < -0.3 is 4.74 Å². The van der Waals surface area contributed by atoms with Crippen molar-refractivity contribution in [3.63, 3.8) is 0 Å². The molecule has 68 valence electrons. The first-order valence-corrected chi connectivity index (χ1v) is 4.07. The van der Waals surface area contributed by atoms with E-state index in [1.165, 1.54) is 0 Å². The molecule has 0 saturated carbocycles. The summed E-state index contributed by atoms with van der Waals surface area (Å²) in [4.78, 5) is 9.87. The highest BCUT2D eigenvalue weighted by Crippen LogP contribution is 2.03. The van der Waals surface area contributed by atoms with Gasteiger partial charge in [0, 0.05) is 0 Å². The van der Waals surface area contributed by atoms with Crippen LogP contribution in [0.1, 0.15) is 6.42 Å². The van der Waals surface area contributed by atoms with E-state index in [-0.39, 0.29) is 6.10 Å². The third kappa shape index (κ3) is 3.67. The van der Waals surface area contributed by atoms with Gasteiger partial charge in [-0.15, -0.1) is 6.58 Å². The zero-order chi connectivity index (χ0) is 8.65. The van der Waals surface area contributed by atoms with Crippen LogP contribution in [0.2, 0.25) is 0 Å². The molecule has 0 radical (unpaired) electrons. The van der Waals surface area contributed by atoms with Gasteiger partial charge in [0.15, 0.2) is 0 Å². The molecule has 0 fully saturated rings. The summed E-state index contributed by atoms with van der Waals surface area (Å²) < 4.78 is 5.20. The molecule has 0 spiro atoms. The van der Waals surface area contributed by atoms with Crippen molar-refractivity contribution in [2.45, 2.75) is 12.5 Å². The lowest BCUT2D eigenvalue weighted by molar-refractivity contribution is -0.316. The minimum Gasteiger partial charge on any atom is -0.374 e. The Morgan fingerprint density at radius 2 is 2.58 bits per heavy atom. The summed E-state index contributed by atoms with van der Waals surface area (Å²) in [7, 11) is 0. The summed E-state index contributed by atoms with van der Waals surface area (Å²) >= 11 is 0. The van der Waals surface area contributed by atoms with Gasteiger partial charge in [-0.25, -0.2) is 9.78 Å². The van der Waals surface area contributed by atoms with E-state index in [9.17, 15) is 0 Å². The summed E-state index contributed by atoms with van der Waals surface area (Å²) in [5.41, 5.74) is 0. The molecule has 0 saturated heterocycles. The Bertz CT molecular complexity index is 154. The molecule has 1 aliphatic rings. The fourth-order valence-electron chi connectivity index (χ4n) is 0.883. The van der Waals surface area contributed by atoms with E-state index in [1.807, 2.05) is 12.2 Å². The van der Waals surface area contributed by atoms with E-state index >= 15 is 0 Å². The molecule has 0 bridgehead atoms. The summed E-state index contributed by atoms with van der Waals surface area (Å²) in [6, 6.07) is 0. The molecule has 1 heterocycles. The molecule has 1 rings (SSSR count). The fraction of sp³-hybridized carbons (Fsp3) is 0.556. The molecule has 0 N–H and O–H groups in total. The predicted octanol–water partition coefficient (Wildman–Crippen LogP) is 1.47. The second-order valence-electron chi connectivity index (χ2n) is 2.50. The van der Waals surface area contributed by atoms with Crippen LogP contribution < -0.4 is 0 Å². The SMILES string of the molecule is C=CCOCC1C=CCCOO1. The maximum absolute atomic E-state index is 5.20. The molecule has 3 nitrogen and oxygen atoms in total. The number of hydrogen-bond donors (Lipinski definition) is 0. The Balaban J connectivity index is 2.15. The molecule has 1 atom stereocenters. The van der Waals surface area contributed by atoms with E-state index in [1.54, 1.807) is 6.08 Å². The number of ether oxygens (including phenoxy) is 1. The molecule has 0 amide bonds. The summed E-state index contributed by atoms with van der Waals surface area (Å²) in [5.74, 6) is 0. The highest BCUT2D eigenvalue weighted by molar-refractivity contribution is 4.90. The van der Waals surface area contributed by atoms with E-state index < -0.39 is 0 Å². The average Bonchev–Trinajstić information content (AvgIpc) is 2.33. The quantitative estimate of drug-likeness (QED) is 0.363. The zero-order valence-corrected chi connectivity index (χ0v) is 7.07. The Hall–Kier alpha value is -0.640. The van der Waals surface area contributed by atoms with Gasteiger partial charge >= 0.3 is 0 Å². The second-order valence-corrected chi connectivity index (χ2v) is 2.50. The number of hydrogen-bond acceptors (Lipinski definition) is 3. The highest BCUT2D eigenvalue weighted by atomic mass is 17.2. The normalized spacial score (nSPS) is 23.5. The lowest BCUT2D eigenvalue weighted by Crippen LogP contribution is -2.16. The van der Waals surface area contributed by atoms with Gasteiger partial charge in [0.1, 0.15) is 6.10 Å². The van der Waals surface area contributed by atoms with E-state index in [0.29, 0.717) is 19.8 Å². The first kappa shape index (κ1) is 9.45. The van der Waals surface area contributed by atoms with Crippen molar-refractivity contribution in [2.24, 2.45) is 0 Å². The van der Waals surface area contributed by atoms with Crippen LogP contribution >= 0.6 is 0 Å². The minimum atomic E-state index is -0.0764. The van der Waals surface area contributed by atoms with Crippen LogP contribution in [0.4, 0.5) is 0 Å². The average molecular weight is 170 g/mol. The van der Waals surface area contributed by atoms with Gasteiger partial charge in [0.2, 0.25) is 0 Å². The first-order valence-electron chi connectivity index (χ1n) is 4.07. The number of rotatable bonds is 4. The van der Waals surface area contributed by atoms with E-state index in [0.717, 1.165) is 6.42 Å². The fourth-order valence-corrected chi connectivity index (χ4v) is 0.883. The van der Waals surface area contributed by atoms with Crippen LogP contribution in [0.25, 0.3) is 0 Å². The van der Waals surface area contributed by atoms with Crippen molar-refractivity contribution in [1.82, 2.24) is 0 Å². The highest BCUT2D eigenvalue weighted by Gasteiger charge is 2.08. The summed E-state index contributed by atoms with van der Waals surface area (Å²) in [6.07, 6.45) is 6.53. The lowest BCUT2D eigenvalue weighted by Gasteiger charge is -2.09. The van der Waals surface area contributed by atoms with Crippen molar-refractivity contribution in [3.05, 3.63) is 24.8 Å². The van der Waals surface area contributed by atoms with Gasteiger partial charge in [-0.05, 0) is 6.42 Å². The molecule has 0 aromatic heterocycles. The van der Waals surface area contributed by atoms with Crippen LogP contribution in [0.15, 0.2) is 24.8 Å². The minimum absolute atomic E-state index is 0.0764. The van der Waals surface area contributed by atoms with Crippen molar-refractivity contribution in [3.8, 4) is 0 Å². The molecule has 1 aliphatic heterocycles. The van der Waals surface area contributed by atoms with Crippen LogP contribution in [-0.2, 0) is 14.5 Å². The zero-order valence-electron chi connectivity index (χ0n) is 7.07.